The molecule has 0 amide bonds. The molecule has 16 heavy (non-hydrogen) atoms. The average molecular weight is 254 g/mol. The lowest BCUT2D eigenvalue weighted by atomic mass is 9.75. The van der Waals surface area contributed by atoms with Crippen molar-refractivity contribution in [2.24, 2.45) is 5.41 Å². The van der Waals surface area contributed by atoms with Crippen molar-refractivity contribution >= 4 is 19.7 Å². The molecule has 1 atom stereocenters. The molecule has 2 heterocycles. The van der Waals surface area contributed by atoms with Gasteiger partial charge in [0.05, 0.1) is 6.10 Å². The zero-order chi connectivity index (χ0) is 12.2. The normalized spacial score (nSPS) is 30.5. The van der Waals surface area contributed by atoms with Gasteiger partial charge in [0, 0.05) is 4.88 Å². The van der Waals surface area contributed by atoms with Gasteiger partial charge in [0.25, 0.3) is 0 Å². The molecule has 0 aliphatic carbocycles. The van der Waals surface area contributed by atoms with Gasteiger partial charge in [-0.05, 0) is 35.0 Å². The summed E-state index contributed by atoms with van der Waals surface area (Å²) >= 11 is 1.82. The Labute approximate surface area is 104 Å². The maximum atomic E-state index is 6.47. The average Bonchev–Trinajstić information content (AvgIpc) is 2.68. The minimum Gasteiger partial charge on any atom is -0.409 e. The zero-order valence-electron chi connectivity index (χ0n) is 11.1. The van der Waals surface area contributed by atoms with Crippen LogP contribution in [0.15, 0.2) is 17.5 Å². The molecule has 3 heteroatoms. The fourth-order valence-corrected chi connectivity index (χ4v) is 6.56. The maximum absolute atomic E-state index is 6.47. The third-order valence-electron chi connectivity index (χ3n) is 4.99. The van der Waals surface area contributed by atoms with Crippen molar-refractivity contribution in [3.05, 3.63) is 22.4 Å². The third-order valence-corrected chi connectivity index (χ3v) is 10.4. The van der Waals surface area contributed by atoms with E-state index in [0.717, 1.165) is 0 Å². The minimum atomic E-state index is -1.62. The van der Waals surface area contributed by atoms with Crippen LogP contribution in [0, 0.1) is 5.41 Å². The molecule has 0 N–H and O–H groups in total. The van der Waals surface area contributed by atoms with E-state index in [4.69, 9.17) is 4.43 Å². The number of hydrogen-bond donors (Lipinski definition) is 0. The standard InChI is InChI=1S/C13H22OSSi/c1-12(2)11(10-8-7-9-15-10)14-16(5,6)13(12,3)4/h7-9,11H,1-6H3. The fourth-order valence-electron chi connectivity index (χ4n) is 2.55. The van der Waals surface area contributed by atoms with Gasteiger partial charge in [-0.3, -0.25) is 0 Å². The Morgan fingerprint density at radius 3 is 2.25 bits per heavy atom. The first kappa shape index (κ1) is 12.3. The van der Waals surface area contributed by atoms with Gasteiger partial charge in [-0.25, -0.2) is 0 Å². The van der Waals surface area contributed by atoms with E-state index >= 15 is 0 Å². The Kier molecular flexibility index (Phi) is 2.65. The molecule has 1 fully saturated rings. The Morgan fingerprint density at radius 1 is 1.25 bits per heavy atom. The Morgan fingerprint density at radius 2 is 1.88 bits per heavy atom. The van der Waals surface area contributed by atoms with Crippen LogP contribution in [0.1, 0.15) is 38.7 Å². The lowest BCUT2D eigenvalue weighted by Crippen LogP contribution is -2.40. The fraction of sp³-hybridized carbons (Fsp3) is 0.692. The van der Waals surface area contributed by atoms with Crippen LogP contribution in [0.3, 0.4) is 0 Å². The summed E-state index contributed by atoms with van der Waals surface area (Å²) in [5, 5.41) is 2.45. The molecule has 90 valence electrons. The molecule has 1 nitrogen and oxygen atoms in total. The van der Waals surface area contributed by atoms with E-state index in [0.29, 0.717) is 5.04 Å². The molecule has 1 unspecified atom stereocenters. The summed E-state index contributed by atoms with van der Waals surface area (Å²) in [7, 11) is -1.62. The highest BCUT2D eigenvalue weighted by Crippen LogP contribution is 2.66. The van der Waals surface area contributed by atoms with Crippen molar-refractivity contribution in [3.8, 4) is 0 Å². The summed E-state index contributed by atoms with van der Waals surface area (Å²) < 4.78 is 6.47. The van der Waals surface area contributed by atoms with Crippen LogP contribution in [-0.2, 0) is 4.43 Å². The van der Waals surface area contributed by atoms with Gasteiger partial charge in [0.1, 0.15) is 0 Å². The second-order valence-electron chi connectivity index (χ2n) is 6.37. The van der Waals surface area contributed by atoms with Crippen molar-refractivity contribution in [2.75, 3.05) is 0 Å². The smallest absolute Gasteiger partial charge is 0.193 e. The van der Waals surface area contributed by atoms with Gasteiger partial charge in [-0.1, -0.05) is 33.8 Å². The van der Waals surface area contributed by atoms with Crippen molar-refractivity contribution in [1.29, 1.82) is 0 Å². The molecule has 0 radical (unpaired) electrons. The highest BCUT2D eigenvalue weighted by molar-refractivity contribution is 7.10. The first-order valence-corrected chi connectivity index (χ1v) is 9.70. The van der Waals surface area contributed by atoms with Crippen molar-refractivity contribution in [2.45, 2.75) is 51.9 Å². The summed E-state index contributed by atoms with van der Waals surface area (Å²) in [6.07, 6.45) is 0.282. The number of thiophene rings is 1. The first-order valence-electron chi connectivity index (χ1n) is 5.91. The Balaban J connectivity index is 2.46. The van der Waals surface area contributed by atoms with Crippen LogP contribution >= 0.6 is 11.3 Å². The van der Waals surface area contributed by atoms with Gasteiger partial charge in [0.2, 0.25) is 0 Å². The van der Waals surface area contributed by atoms with Gasteiger partial charge < -0.3 is 4.43 Å². The molecule has 2 rings (SSSR count). The first-order chi connectivity index (χ1) is 7.20. The highest BCUT2D eigenvalue weighted by atomic mass is 32.1. The van der Waals surface area contributed by atoms with Crippen LogP contribution in [0.4, 0.5) is 0 Å². The van der Waals surface area contributed by atoms with Crippen LogP contribution in [0.5, 0.6) is 0 Å². The van der Waals surface area contributed by atoms with E-state index in [-0.39, 0.29) is 11.5 Å². The van der Waals surface area contributed by atoms with Crippen molar-refractivity contribution in [1.82, 2.24) is 0 Å². The van der Waals surface area contributed by atoms with Crippen LogP contribution in [0.25, 0.3) is 0 Å². The predicted molar refractivity (Wildman–Crippen MR) is 73.4 cm³/mol. The maximum Gasteiger partial charge on any atom is 0.193 e. The van der Waals surface area contributed by atoms with Gasteiger partial charge in [0.15, 0.2) is 8.32 Å². The van der Waals surface area contributed by atoms with Gasteiger partial charge in [-0.15, -0.1) is 11.3 Å². The predicted octanol–water partition coefficient (Wildman–Crippen LogP) is 4.83. The molecule has 0 aromatic carbocycles. The number of rotatable bonds is 1. The van der Waals surface area contributed by atoms with Crippen LogP contribution in [-0.4, -0.2) is 8.32 Å². The Hall–Kier alpha value is -0.123. The monoisotopic (exact) mass is 254 g/mol. The zero-order valence-corrected chi connectivity index (χ0v) is 12.9. The van der Waals surface area contributed by atoms with Crippen molar-refractivity contribution in [3.63, 3.8) is 0 Å². The molecule has 0 spiro atoms. The lowest BCUT2D eigenvalue weighted by Gasteiger charge is -2.40. The molecule has 0 bridgehead atoms. The molecule has 1 saturated heterocycles. The molecule has 1 aromatic rings. The summed E-state index contributed by atoms with van der Waals surface area (Å²) in [4.78, 5) is 1.39. The highest BCUT2D eigenvalue weighted by Gasteiger charge is 2.62. The quantitative estimate of drug-likeness (QED) is 0.652. The molecular formula is C13H22OSSi. The van der Waals surface area contributed by atoms with Crippen LogP contribution < -0.4 is 0 Å². The van der Waals surface area contributed by atoms with E-state index in [1.165, 1.54) is 4.88 Å². The second-order valence-corrected chi connectivity index (χ2v) is 11.9. The van der Waals surface area contributed by atoms with E-state index in [2.05, 4.69) is 58.3 Å². The third kappa shape index (κ3) is 1.45. The number of hydrogen-bond acceptors (Lipinski definition) is 2. The Bertz CT molecular complexity index is 379. The second kappa shape index (κ2) is 3.44. The molecule has 1 aromatic heterocycles. The molecular weight excluding hydrogens is 232 g/mol. The largest absolute Gasteiger partial charge is 0.409 e. The summed E-state index contributed by atoms with van der Waals surface area (Å²) in [5.74, 6) is 0. The van der Waals surface area contributed by atoms with E-state index in [9.17, 15) is 0 Å². The van der Waals surface area contributed by atoms with Gasteiger partial charge >= 0.3 is 0 Å². The van der Waals surface area contributed by atoms with E-state index in [1.807, 2.05) is 11.3 Å². The SMILES string of the molecule is CC1(C)C(c2cccs2)O[Si](C)(C)C1(C)C. The van der Waals surface area contributed by atoms with Gasteiger partial charge in [-0.2, -0.15) is 0 Å². The van der Waals surface area contributed by atoms with E-state index < -0.39 is 8.32 Å². The van der Waals surface area contributed by atoms with Crippen LogP contribution in [0.2, 0.25) is 18.1 Å². The molecule has 1 aliphatic rings. The molecule has 1 aliphatic heterocycles. The van der Waals surface area contributed by atoms with E-state index in [1.54, 1.807) is 0 Å². The van der Waals surface area contributed by atoms with Crippen molar-refractivity contribution < 1.29 is 4.43 Å². The summed E-state index contributed by atoms with van der Waals surface area (Å²) in [5.41, 5.74) is 0.216. The summed E-state index contributed by atoms with van der Waals surface area (Å²) in [6, 6.07) is 4.34. The molecule has 0 saturated carbocycles. The minimum absolute atomic E-state index is 0.216. The summed E-state index contributed by atoms with van der Waals surface area (Å²) in [6.45, 7) is 14.2. The lowest BCUT2D eigenvalue weighted by molar-refractivity contribution is 0.105. The topological polar surface area (TPSA) is 9.23 Å².